The second-order valence-electron chi connectivity index (χ2n) is 4.29. The smallest absolute Gasteiger partial charge is 0.270 e. The van der Waals surface area contributed by atoms with E-state index in [-0.39, 0.29) is 16.9 Å². The van der Waals surface area contributed by atoms with Crippen molar-refractivity contribution in [1.82, 2.24) is 5.32 Å². The molecule has 6 nitrogen and oxygen atoms in total. The maximum atomic E-state index is 12.0. The van der Waals surface area contributed by atoms with Crippen LogP contribution < -0.4 is 11.1 Å². The van der Waals surface area contributed by atoms with Crippen molar-refractivity contribution in [3.8, 4) is 0 Å². The van der Waals surface area contributed by atoms with Gasteiger partial charge in [0.1, 0.15) is 0 Å². The van der Waals surface area contributed by atoms with Gasteiger partial charge in [-0.1, -0.05) is 0 Å². The minimum absolute atomic E-state index is 0.118. The number of benzene rings is 1. The van der Waals surface area contributed by atoms with Gasteiger partial charge in [-0.3, -0.25) is 14.9 Å². The molecule has 0 aliphatic heterocycles. The van der Waals surface area contributed by atoms with Crippen LogP contribution >= 0.6 is 11.3 Å². The molecule has 0 radical (unpaired) electrons. The first-order chi connectivity index (χ1) is 9.49. The number of nitro benzene ring substituents is 1. The van der Waals surface area contributed by atoms with E-state index in [4.69, 9.17) is 5.73 Å². The van der Waals surface area contributed by atoms with Crippen molar-refractivity contribution >= 4 is 28.6 Å². The largest absolute Gasteiger partial charge is 0.398 e. The van der Waals surface area contributed by atoms with Gasteiger partial charge in [0.15, 0.2) is 0 Å². The summed E-state index contributed by atoms with van der Waals surface area (Å²) in [5, 5.41) is 17.4. The van der Waals surface area contributed by atoms with Crippen LogP contribution in [0.1, 0.15) is 21.5 Å². The van der Waals surface area contributed by atoms with Crippen LogP contribution in [0.3, 0.4) is 0 Å². The van der Waals surface area contributed by atoms with E-state index < -0.39 is 10.8 Å². The molecule has 0 bridgehead atoms. The van der Waals surface area contributed by atoms with Crippen molar-refractivity contribution in [2.75, 3.05) is 5.73 Å². The first-order valence-corrected chi connectivity index (χ1v) is 6.77. The van der Waals surface area contributed by atoms with Gasteiger partial charge in [0.05, 0.1) is 10.5 Å². The lowest BCUT2D eigenvalue weighted by molar-refractivity contribution is -0.384. The Morgan fingerprint density at radius 3 is 2.80 bits per heavy atom. The number of carbonyl (C=O) groups is 1. The number of anilines is 1. The number of carbonyl (C=O) groups excluding carboxylic acids is 1. The normalized spacial score (nSPS) is 10.2. The van der Waals surface area contributed by atoms with E-state index in [0.717, 1.165) is 11.1 Å². The summed E-state index contributed by atoms with van der Waals surface area (Å²) in [6.07, 6.45) is 0. The van der Waals surface area contributed by atoms with Crippen molar-refractivity contribution in [1.29, 1.82) is 0 Å². The average Bonchev–Trinajstić information content (AvgIpc) is 2.81. The van der Waals surface area contributed by atoms with E-state index in [1.54, 1.807) is 11.3 Å². The summed E-state index contributed by atoms with van der Waals surface area (Å²) < 4.78 is 0. The number of non-ortho nitro benzene ring substituents is 1. The minimum atomic E-state index is -0.556. The highest BCUT2D eigenvalue weighted by molar-refractivity contribution is 7.08. The number of rotatable bonds is 4. The van der Waals surface area contributed by atoms with Crippen molar-refractivity contribution in [3.05, 3.63) is 55.8 Å². The predicted molar refractivity (Wildman–Crippen MR) is 77.7 cm³/mol. The molecule has 7 heteroatoms. The van der Waals surface area contributed by atoms with Crippen LogP contribution in [0.15, 0.2) is 29.0 Å². The molecule has 1 amide bonds. The number of amides is 1. The number of aryl methyl sites for hydroxylation is 1. The third-order valence-electron chi connectivity index (χ3n) is 2.89. The topological polar surface area (TPSA) is 98.3 Å². The predicted octanol–water partition coefficient (Wildman–Crippen LogP) is 2.48. The Morgan fingerprint density at radius 1 is 1.45 bits per heavy atom. The van der Waals surface area contributed by atoms with E-state index in [9.17, 15) is 14.9 Å². The summed E-state index contributed by atoms with van der Waals surface area (Å²) in [5.41, 5.74) is 7.99. The number of nitrogens with two attached hydrogens (primary N) is 1. The molecule has 0 aliphatic carbocycles. The zero-order chi connectivity index (χ0) is 14.7. The fraction of sp³-hybridized carbons (Fsp3) is 0.154. The van der Waals surface area contributed by atoms with E-state index in [0.29, 0.717) is 6.54 Å². The summed E-state index contributed by atoms with van der Waals surface area (Å²) in [5.74, 6) is -0.420. The maximum Gasteiger partial charge on any atom is 0.270 e. The Bertz CT molecular complexity index is 667. The first kappa shape index (κ1) is 14.0. The summed E-state index contributed by atoms with van der Waals surface area (Å²) in [6.45, 7) is 2.33. The highest BCUT2D eigenvalue weighted by Crippen LogP contribution is 2.20. The fourth-order valence-electron chi connectivity index (χ4n) is 1.69. The number of nitrogens with zero attached hydrogens (tertiary/aromatic N) is 1. The zero-order valence-electron chi connectivity index (χ0n) is 10.8. The van der Waals surface area contributed by atoms with Crippen LogP contribution in [0.25, 0.3) is 0 Å². The molecule has 0 aliphatic rings. The number of hydrogen-bond acceptors (Lipinski definition) is 5. The molecular weight excluding hydrogens is 278 g/mol. The van der Waals surface area contributed by atoms with Gasteiger partial charge in [-0.25, -0.2) is 0 Å². The van der Waals surface area contributed by atoms with Crippen molar-refractivity contribution in [3.63, 3.8) is 0 Å². The Labute approximate surface area is 119 Å². The zero-order valence-corrected chi connectivity index (χ0v) is 11.6. The molecule has 2 aromatic rings. The fourth-order valence-corrected chi connectivity index (χ4v) is 2.55. The number of nitro groups is 1. The standard InChI is InChI=1S/C13H13N3O3S/c1-8-6-20-7-9(8)5-15-13(17)11-4-10(16(18)19)2-3-12(11)14/h2-4,6-7H,5,14H2,1H3,(H,15,17). The van der Waals surface area contributed by atoms with Crippen LogP contribution in [0.2, 0.25) is 0 Å². The Morgan fingerprint density at radius 2 is 2.20 bits per heavy atom. The summed E-state index contributed by atoms with van der Waals surface area (Å²) in [4.78, 5) is 22.2. The SMILES string of the molecule is Cc1cscc1CNC(=O)c1cc([N+](=O)[O-])ccc1N. The van der Waals surface area contributed by atoms with Crippen molar-refractivity contribution in [2.45, 2.75) is 13.5 Å². The molecule has 104 valence electrons. The molecule has 1 heterocycles. The molecule has 0 atom stereocenters. The number of nitrogen functional groups attached to an aromatic ring is 1. The molecule has 0 spiro atoms. The van der Waals surface area contributed by atoms with Gasteiger partial charge in [0.2, 0.25) is 0 Å². The van der Waals surface area contributed by atoms with E-state index in [1.165, 1.54) is 18.2 Å². The first-order valence-electron chi connectivity index (χ1n) is 5.83. The van der Waals surface area contributed by atoms with E-state index >= 15 is 0 Å². The van der Waals surface area contributed by atoms with Crippen LogP contribution in [-0.4, -0.2) is 10.8 Å². The highest BCUT2D eigenvalue weighted by atomic mass is 32.1. The molecular formula is C13H13N3O3S. The maximum absolute atomic E-state index is 12.0. The van der Waals surface area contributed by atoms with Crippen molar-refractivity contribution < 1.29 is 9.72 Å². The minimum Gasteiger partial charge on any atom is -0.398 e. The van der Waals surface area contributed by atoms with Crippen LogP contribution in [0.4, 0.5) is 11.4 Å². The second-order valence-corrected chi connectivity index (χ2v) is 5.03. The number of hydrogen-bond donors (Lipinski definition) is 2. The van der Waals surface area contributed by atoms with E-state index in [2.05, 4.69) is 5.32 Å². The second kappa shape index (κ2) is 5.70. The summed E-state index contributed by atoms with van der Waals surface area (Å²) in [7, 11) is 0. The lowest BCUT2D eigenvalue weighted by Crippen LogP contribution is -2.24. The van der Waals surface area contributed by atoms with E-state index in [1.807, 2.05) is 17.7 Å². The third kappa shape index (κ3) is 2.94. The molecule has 0 fully saturated rings. The molecule has 1 aromatic heterocycles. The van der Waals surface area contributed by atoms with Gasteiger partial charge >= 0.3 is 0 Å². The van der Waals surface area contributed by atoms with Gasteiger partial charge in [0.25, 0.3) is 11.6 Å². The molecule has 0 unspecified atom stereocenters. The summed E-state index contributed by atoms with van der Waals surface area (Å²) in [6, 6.07) is 3.82. The van der Waals surface area contributed by atoms with Crippen LogP contribution in [0, 0.1) is 17.0 Å². The van der Waals surface area contributed by atoms with Gasteiger partial charge in [0, 0.05) is 24.4 Å². The monoisotopic (exact) mass is 291 g/mol. The number of thiophene rings is 1. The third-order valence-corrected chi connectivity index (χ3v) is 3.80. The quantitative estimate of drug-likeness (QED) is 0.513. The number of nitrogens with one attached hydrogen (secondary N) is 1. The molecule has 0 saturated carbocycles. The van der Waals surface area contributed by atoms with Gasteiger partial charge in [-0.05, 0) is 34.9 Å². The molecule has 3 N–H and O–H groups in total. The molecule has 1 aromatic carbocycles. The lowest BCUT2D eigenvalue weighted by atomic mass is 10.1. The Hall–Kier alpha value is -2.41. The lowest BCUT2D eigenvalue weighted by Gasteiger charge is -2.07. The average molecular weight is 291 g/mol. The summed E-state index contributed by atoms with van der Waals surface area (Å²) >= 11 is 1.56. The van der Waals surface area contributed by atoms with Crippen molar-refractivity contribution in [2.24, 2.45) is 0 Å². The van der Waals surface area contributed by atoms with Crippen LogP contribution in [-0.2, 0) is 6.54 Å². The molecule has 2 rings (SSSR count). The Kier molecular flexibility index (Phi) is 3.99. The Balaban J connectivity index is 2.15. The molecule has 20 heavy (non-hydrogen) atoms. The van der Waals surface area contributed by atoms with Gasteiger partial charge in [-0.15, -0.1) is 0 Å². The van der Waals surface area contributed by atoms with Gasteiger partial charge < -0.3 is 11.1 Å². The molecule has 0 saturated heterocycles. The highest BCUT2D eigenvalue weighted by Gasteiger charge is 2.15. The van der Waals surface area contributed by atoms with Crippen LogP contribution in [0.5, 0.6) is 0 Å². The van der Waals surface area contributed by atoms with Gasteiger partial charge in [-0.2, -0.15) is 11.3 Å².